The van der Waals surface area contributed by atoms with Gasteiger partial charge in [-0.05, 0) is 43.9 Å². The van der Waals surface area contributed by atoms with Gasteiger partial charge in [0.25, 0.3) is 5.91 Å². The van der Waals surface area contributed by atoms with Crippen LogP contribution in [0.25, 0.3) is 10.8 Å². The minimum Gasteiger partial charge on any atom is -0.462 e. The molecule has 0 unspecified atom stereocenters. The molecule has 0 aliphatic rings. The zero-order valence-electron chi connectivity index (χ0n) is 14.5. The van der Waals surface area contributed by atoms with Crippen molar-refractivity contribution in [2.75, 3.05) is 11.9 Å². The molecule has 26 heavy (non-hydrogen) atoms. The van der Waals surface area contributed by atoms with E-state index in [1.165, 1.54) is 11.3 Å². The summed E-state index contributed by atoms with van der Waals surface area (Å²) >= 11 is 2.21. The van der Waals surface area contributed by atoms with Crippen LogP contribution >= 0.6 is 22.7 Å². The monoisotopic (exact) mass is 387 g/mol. The molecule has 7 heteroatoms. The smallest absolute Gasteiger partial charge is 0.341 e. The van der Waals surface area contributed by atoms with Crippen molar-refractivity contribution in [2.24, 2.45) is 0 Å². The SMILES string of the molecule is CCOC(=O)c1c(NC(=O)c2cc3ccccc3c(=O)s2)sc(C)c1C. The number of ether oxygens (including phenoxy) is 1. The maximum atomic E-state index is 12.7. The van der Waals surface area contributed by atoms with Crippen LogP contribution < -0.4 is 10.1 Å². The summed E-state index contributed by atoms with van der Waals surface area (Å²) in [4.78, 5) is 38.4. The molecule has 2 aromatic heterocycles. The van der Waals surface area contributed by atoms with Gasteiger partial charge in [0, 0.05) is 10.3 Å². The lowest BCUT2D eigenvalue weighted by molar-refractivity contribution is 0.0527. The Morgan fingerprint density at radius 3 is 2.62 bits per heavy atom. The lowest BCUT2D eigenvalue weighted by Crippen LogP contribution is -2.15. The number of aryl methyl sites for hydroxylation is 1. The van der Waals surface area contributed by atoms with Gasteiger partial charge in [-0.15, -0.1) is 11.3 Å². The Bertz CT molecular complexity index is 1070. The third-order valence-electron chi connectivity index (χ3n) is 3.99. The molecule has 0 fully saturated rings. The minimum absolute atomic E-state index is 0.169. The van der Waals surface area contributed by atoms with E-state index in [0.717, 1.165) is 21.8 Å². The molecule has 1 amide bonds. The molecule has 3 aromatic rings. The molecule has 134 valence electrons. The van der Waals surface area contributed by atoms with E-state index in [1.54, 1.807) is 31.2 Å². The molecule has 0 aliphatic carbocycles. The fourth-order valence-electron chi connectivity index (χ4n) is 2.57. The van der Waals surface area contributed by atoms with Crippen LogP contribution in [0.2, 0.25) is 0 Å². The largest absolute Gasteiger partial charge is 0.462 e. The number of hydrogen-bond acceptors (Lipinski definition) is 6. The zero-order chi connectivity index (χ0) is 18.8. The van der Waals surface area contributed by atoms with E-state index in [9.17, 15) is 14.4 Å². The standard InChI is InChI=1S/C19H17NO4S2/c1-4-24-18(22)15-10(2)11(3)25-17(15)20-16(21)14-9-12-7-5-6-8-13(12)19(23)26-14/h5-9H,4H2,1-3H3,(H,20,21). The summed E-state index contributed by atoms with van der Waals surface area (Å²) in [5.41, 5.74) is 1.16. The summed E-state index contributed by atoms with van der Waals surface area (Å²) in [5, 5.41) is 4.51. The highest BCUT2D eigenvalue weighted by Crippen LogP contribution is 2.33. The van der Waals surface area contributed by atoms with Crippen LogP contribution in [0.1, 0.15) is 37.4 Å². The van der Waals surface area contributed by atoms with Crippen LogP contribution in [0.4, 0.5) is 5.00 Å². The molecule has 0 bridgehead atoms. The van der Waals surface area contributed by atoms with Gasteiger partial charge in [0.05, 0.1) is 17.0 Å². The Morgan fingerprint density at radius 2 is 1.88 bits per heavy atom. The van der Waals surface area contributed by atoms with Gasteiger partial charge in [-0.1, -0.05) is 29.5 Å². The van der Waals surface area contributed by atoms with E-state index in [1.807, 2.05) is 19.9 Å². The third-order valence-corrected chi connectivity index (χ3v) is 6.04. The Balaban J connectivity index is 1.97. The van der Waals surface area contributed by atoms with Crippen molar-refractivity contribution in [3.8, 4) is 0 Å². The first-order valence-electron chi connectivity index (χ1n) is 8.03. The summed E-state index contributed by atoms with van der Waals surface area (Å²) in [6.45, 7) is 5.69. The number of thiophene rings is 1. The highest BCUT2D eigenvalue weighted by molar-refractivity contribution is 7.17. The van der Waals surface area contributed by atoms with Crippen LogP contribution in [0, 0.1) is 13.8 Å². The topological polar surface area (TPSA) is 72.5 Å². The van der Waals surface area contributed by atoms with E-state index >= 15 is 0 Å². The van der Waals surface area contributed by atoms with Gasteiger partial charge in [-0.3, -0.25) is 9.59 Å². The first-order chi connectivity index (χ1) is 12.4. The van der Waals surface area contributed by atoms with E-state index in [2.05, 4.69) is 5.32 Å². The fourth-order valence-corrected chi connectivity index (χ4v) is 4.44. The average Bonchev–Trinajstić information content (AvgIpc) is 2.89. The van der Waals surface area contributed by atoms with Gasteiger partial charge >= 0.3 is 5.97 Å². The summed E-state index contributed by atoms with van der Waals surface area (Å²) in [5.74, 6) is -0.874. The van der Waals surface area contributed by atoms with Crippen LogP contribution in [-0.4, -0.2) is 18.5 Å². The molecule has 0 radical (unpaired) electrons. The van der Waals surface area contributed by atoms with Crippen LogP contribution in [0.5, 0.6) is 0 Å². The highest BCUT2D eigenvalue weighted by atomic mass is 32.1. The maximum Gasteiger partial charge on any atom is 0.341 e. The summed E-state index contributed by atoms with van der Waals surface area (Å²) in [6, 6.07) is 8.83. The van der Waals surface area contributed by atoms with Crippen LogP contribution in [0.3, 0.4) is 0 Å². The van der Waals surface area contributed by atoms with Crippen molar-refractivity contribution in [1.82, 2.24) is 0 Å². The predicted octanol–water partition coefficient (Wildman–Crippen LogP) is 4.37. The lowest BCUT2D eigenvalue weighted by atomic mass is 10.1. The number of benzene rings is 1. The number of anilines is 1. The molecule has 1 aromatic carbocycles. The first kappa shape index (κ1) is 18.3. The van der Waals surface area contributed by atoms with Gasteiger partial charge in [0.2, 0.25) is 4.74 Å². The number of fused-ring (bicyclic) bond motifs is 1. The Morgan fingerprint density at radius 1 is 1.15 bits per heavy atom. The molecule has 3 rings (SSSR count). The van der Waals surface area contributed by atoms with E-state index < -0.39 is 11.9 Å². The molecule has 0 saturated carbocycles. The van der Waals surface area contributed by atoms with Gasteiger partial charge in [-0.25, -0.2) is 4.79 Å². The Hall–Kier alpha value is -2.51. The first-order valence-corrected chi connectivity index (χ1v) is 9.67. The number of carbonyl (C=O) groups is 2. The van der Waals surface area contributed by atoms with Crippen molar-refractivity contribution in [1.29, 1.82) is 0 Å². The maximum absolute atomic E-state index is 12.7. The van der Waals surface area contributed by atoms with Gasteiger partial charge in [-0.2, -0.15) is 0 Å². The number of nitrogens with one attached hydrogen (secondary N) is 1. The minimum atomic E-state index is -0.462. The zero-order valence-corrected chi connectivity index (χ0v) is 16.2. The third kappa shape index (κ3) is 3.40. The second-order valence-corrected chi connectivity index (χ2v) is 7.89. The molecule has 0 atom stereocenters. The van der Waals surface area contributed by atoms with E-state index in [4.69, 9.17) is 4.74 Å². The van der Waals surface area contributed by atoms with Crippen molar-refractivity contribution < 1.29 is 14.3 Å². The molecule has 1 N–H and O–H groups in total. The average molecular weight is 387 g/mol. The van der Waals surface area contributed by atoms with Gasteiger partial charge < -0.3 is 10.1 Å². The molecule has 5 nitrogen and oxygen atoms in total. The summed E-state index contributed by atoms with van der Waals surface area (Å²) in [7, 11) is 0. The molecular weight excluding hydrogens is 370 g/mol. The molecule has 0 spiro atoms. The molecule has 2 heterocycles. The van der Waals surface area contributed by atoms with Crippen molar-refractivity contribution >= 4 is 50.3 Å². The molecular formula is C19H17NO4S2. The number of amides is 1. The van der Waals surface area contributed by atoms with Crippen LogP contribution in [0.15, 0.2) is 35.1 Å². The number of carbonyl (C=O) groups excluding carboxylic acids is 2. The number of esters is 1. The molecule has 0 aliphatic heterocycles. The Kier molecular flexibility index (Phi) is 5.20. The van der Waals surface area contributed by atoms with E-state index in [0.29, 0.717) is 26.2 Å². The van der Waals surface area contributed by atoms with Crippen molar-refractivity contribution in [3.63, 3.8) is 0 Å². The number of hydrogen-bond donors (Lipinski definition) is 1. The highest BCUT2D eigenvalue weighted by Gasteiger charge is 2.23. The van der Waals surface area contributed by atoms with E-state index in [-0.39, 0.29) is 11.3 Å². The second-order valence-electron chi connectivity index (χ2n) is 5.65. The quantitative estimate of drug-likeness (QED) is 0.675. The fraction of sp³-hybridized carbons (Fsp3) is 0.211. The summed E-state index contributed by atoms with van der Waals surface area (Å²) < 4.78 is 4.93. The van der Waals surface area contributed by atoms with Gasteiger partial charge in [0.1, 0.15) is 5.00 Å². The van der Waals surface area contributed by atoms with Crippen LogP contribution in [-0.2, 0) is 4.74 Å². The molecule has 0 saturated heterocycles. The Labute approximate surface area is 158 Å². The summed E-state index contributed by atoms with van der Waals surface area (Å²) in [6.07, 6.45) is 0. The normalized spacial score (nSPS) is 10.7. The van der Waals surface area contributed by atoms with Gasteiger partial charge in [0.15, 0.2) is 0 Å². The predicted molar refractivity (Wildman–Crippen MR) is 106 cm³/mol. The second kappa shape index (κ2) is 7.39. The number of rotatable bonds is 4. The lowest BCUT2D eigenvalue weighted by Gasteiger charge is -2.07. The van der Waals surface area contributed by atoms with Crippen molar-refractivity contribution in [2.45, 2.75) is 20.8 Å². The van der Waals surface area contributed by atoms with Crippen molar-refractivity contribution in [3.05, 3.63) is 60.8 Å².